The zero-order chi connectivity index (χ0) is 14.2. The fourth-order valence-corrected chi connectivity index (χ4v) is 2.19. The number of nitrogens with zero attached hydrogens (tertiary/aromatic N) is 2. The molecule has 0 saturated carbocycles. The molecule has 1 aromatic rings. The van der Waals surface area contributed by atoms with Gasteiger partial charge in [-0.25, -0.2) is 8.78 Å². The molecule has 0 N–H and O–H groups in total. The average molecular weight is 272 g/mol. The van der Waals surface area contributed by atoms with E-state index in [0.29, 0.717) is 19.8 Å². The van der Waals surface area contributed by atoms with Crippen LogP contribution in [0.1, 0.15) is 13.8 Å². The first-order valence-electron chi connectivity index (χ1n) is 5.82. The number of morpholine rings is 1. The number of nitro benzene ring substituents is 1. The first-order chi connectivity index (χ1) is 8.83. The lowest BCUT2D eigenvalue weighted by Gasteiger charge is -2.43. The summed E-state index contributed by atoms with van der Waals surface area (Å²) < 4.78 is 33.2. The van der Waals surface area contributed by atoms with E-state index in [1.807, 2.05) is 0 Å². The smallest absolute Gasteiger partial charge is 0.275 e. The fraction of sp³-hybridized carbons (Fsp3) is 0.500. The highest BCUT2D eigenvalue weighted by Gasteiger charge is 2.34. The molecule has 1 fully saturated rings. The van der Waals surface area contributed by atoms with E-state index in [1.165, 1.54) is 0 Å². The second-order valence-electron chi connectivity index (χ2n) is 5.03. The van der Waals surface area contributed by atoms with Gasteiger partial charge in [-0.1, -0.05) is 0 Å². The van der Waals surface area contributed by atoms with E-state index in [9.17, 15) is 18.9 Å². The summed E-state index contributed by atoms with van der Waals surface area (Å²) in [5.74, 6) is -1.86. The Morgan fingerprint density at radius 3 is 2.42 bits per heavy atom. The maximum absolute atomic E-state index is 14.0. The van der Waals surface area contributed by atoms with Crippen LogP contribution >= 0.6 is 0 Å². The van der Waals surface area contributed by atoms with E-state index in [4.69, 9.17) is 4.74 Å². The third-order valence-electron chi connectivity index (χ3n) is 3.13. The molecule has 19 heavy (non-hydrogen) atoms. The van der Waals surface area contributed by atoms with Crippen LogP contribution in [0.25, 0.3) is 0 Å². The molecule has 0 spiro atoms. The second kappa shape index (κ2) is 4.73. The molecule has 0 aromatic heterocycles. The SMILES string of the molecule is CC1(C)COCCN1c1c(F)cc([N+](=O)[O-])cc1F. The topological polar surface area (TPSA) is 55.6 Å². The average Bonchev–Trinajstić information content (AvgIpc) is 2.29. The Morgan fingerprint density at radius 1 is 1.37 bits per heavy atom. The van der Waals surface area contributed by atoms with Gasteiger partial charge in [0.15, 0.2) is 11.6 Å². The van der Waals surface area contributed by atoms with Gasteiger partial charge in [0.05, 0.1) is 35.8 Å². The number of benzene rings is 1. The molecule has 0 atom stereocenters. The zero-order valence-corrected chi connectivity index (χ0v) is 10.7. The molecule has 1 aliphatic rings. The molecule has 7 heteroatoms. The predicted molar refractivity (Wildman–Crippen MR) is 65.3 cm³/mol. The van der Waals surface area contributed by atoms with E-state index >= 15 is 0 Å². The van der Waals surface area contributed by atoms with Crippen molar-refractivity contribution < 1.29 is 18.4 Å². The Bertz CT molecular complexity index is 497. The summed E-state index contributed by atoms with van der Waals surface area (Å²) in [5, 5.41) is 10.6. The number of hydrogen-bond donors (Lipinski definition) is 0. The van der Waals surface area contributed by atoms with Crippen molar-refractivity contribution in [2.24, 2.45) is 0 Å². The van der Waals surface area contributed by atoms with E-state index < -0.39 is 27.8 Å². The molecular formula is C12H14F2N2O3. The number of anilines is 1. The van der Waals surface area contributed by atoms with Crippen molar-refractivity contribution in [3.63, 3.8) is 0 Å². The normalized spacial score (nSPS) is 18.4. The van der Waals surface area contributed by atoms with Crippen molar-refractivity contribution >= 4 is 11.4 Å². The Labute approximate surface area is 108 Å². The van der Waals surface area contributed by atoms with Crippen LogP contribution in [0.3, 0.4) is 0 Å². The molecule has 104 valence electrons. The molecule has 1 aliphatic heterocycles. The van der Waals surface area contributed by atoms with Gasteiger partial charge < -0.3 is 9.64 Å². The third-order valence-corrected chi connectivity index (χ3v) is 3.13. The van der Waals surface area contributed by atoms with Crippen LogP contribution in [0.15, 0.2) is 12.1 Å². The number of rotatable bonds is 2. The van der Waals surface area contributed by atoms with Crippen molar-refractivity contribution in [3.8, 4) is 0 Å². The first-order valence-corrected chi connectivity index (χ1v) is 5.82. The van der Waals surface area contributed by atoms with Gasteiger partial charge in [0.2, 0.25) is 0 Å². The minimum absolute atomic E-state index is 0.237. The second-order valence-corrected chi connectivity index (χ2v) is 5.03. The van der Waals surface area contributed by atoms with Crippen LogP contribution in [0, 0.1) is 21.7 Å². The fourth-order valence-electron chi connectivity index (χ4n) is 2.19. The van der Waals surface area contributed by atoms with Crippen LogP contribution in [-0.4, -0.2) is 30.2 Å². The quantitative estimate of drug-likeness (QED) is 0.613. The third kappa shape index (κ3) is 2.51. The predicted octanol–water partition coefficient (Wildman–Crippen LogP) is 2.49. The molecule has 0 unspecified atom stereocenters. The molecule has 1 aromatic carbocycles. The van der Waals surface area contributed by atoms with Gasteiger partial charge in [0.25, 0.3) is 5.69 Å². The van der Waals surface area contributed by atoms with Crippen LogP contribution in [0.5, 0.6) is 0 Å². The Morgan fingerprint density at radius 2 is 1.95 bits per heavy atom. The summed E-state index contributed by atoms with van der Waals surface area (Å²) in [6, 6.07) is 1.48. The summed E-state index contributed by atoms with van der Waals surface area (Å²) >= 11 is 0. The van der Waals surface area contributed by atoms with Crippen molar-refractivity contribution in [2.45, 2.75) is 19.4 Å². The molecular weight excluding hydrogens is 258 g/mol. The highest BCUT2D eigenvalue weighted by atomic mass is 19.1. The maximum atomic E-state index is 14.0. The molecule has 0 amide bonds. The summed E-state index contributed by atoms with van der Waals surface area (Å²) in [6.07, 6.45) is 0. The molecule has 0 bridgehead atoms. The van der Waals surface area contributed by atoms with Gasteiger partial charge in [-0.3, -0.25) is 10.1 Å². The Kier molecular flexibility index (Phi) is 3.40. The van der Waals surface area contributed by atoms with Gasteiger partial charge >= 0.3 is 0 Å². The Hall–Kier alpha value is -1.76. The highest BCUT2D eigenvalue weighted by Crippen LogP contribution is 2.33. The van der Waals surface area contributed by atoms with Gasteiger partial charge in [0.1, 0.15) is 5.69 Å². The number of non-ortho nitro benzene ring substituents is 1. The van der Waals surface area contributed by atoms with Crippen molar-refractivity contribution in [1.82, 2.24) is 0 Å². The summed E-state index contributed by atoms with van der Waals surface area (Å²) in [7, 11) is 0. The molecule has 2 rings (SSSR count). The molecule has 0 radical (unpaired) electrons. The molecule has 1 heterocycles. The summed E-state index contributed by atoms with van der Waals surface area (Å²) in [5.41, 5.74) is -1.40. The Balaban J connectivity index is 2.47. The van der Waals surface area contributed by atoms with Crippen LogP contribution in [0.4, 0.5) is 20.2 Å². The largest absolute Gasteiger partial charge is 0.377 e. The van der Waals surface area contributed by atoms with Crippen molar-refractivity contribution in [3.05, 3.63) is 33.9 Å². The van der Waals surface area contributed by atoms with Gasteiger partial charge in [-0.2, -0.15) is 0 Å². The number of ether oxygens (including phenoxy) is 1. The van der Waals surface area contributed by atoms with Gasteiger partial charge in [-0.15, -0.1) is 0 Å². The lowest BCUT2D eigenvalue weighted by Crippen LogP contribution is -2.53. The van der Waals surface area contributed by atoms with Crippen molar-refractivity contribution in [1.29, 1.82) is 0 Å². The number of halogens is 2. The minimum Gasteiger partial charge on any atom is -0.377 e. The van der Waals surface area contributed by atoms with Crippen LogP contribution in [0.2, 0.25) is 0 Å². The molecule has 5 nitrogen and oxygen atoms in total. The minimum atomic E-state index is -0.929. The van der Waals surface area contributed by atoms with E-state index in [2.05, 4.69) is 0 Å². The monoisotopic (exact) mass is 272 g/mol. The maximum Gasteiger partial charge on any atom is 0.275 e. The standard InChI is InChI=1S/C12H14F2N2O3/c1-12(2)7-19-4-3-15(12)11-9(13)5-8(16(17)18)6-10(11)14/h5-6H,3-4,7H2,1-2H3. The molecule has 0 aliphatic carbocycles. The number of nitro groups is 1. The zero-order valence-electron chi connectivity index (χ0n) is 10.7. The molecule has 1 saturated heterocycles. The highest BCUT2D eigenvalue weighted by molar-refractivity contribution is 5.55. The lowest BCUT2D eigenvalue weighted by atomic mass is 10.0. The van der Waals surface area contributed by atoms with Crippen LogP contribution in [-0.2, 0) is 4.74 Å². The van der Waals surface area contributed by atoms with Crippen molar-refractivity contribution in [2.75, 3.05) is 24.7 Å². The van der Waals surface area contributed by atoms with Crippen LogP contribution < -0.4 is 4.90 Å². The van der Waals surface area contributed by atoms with E-state index in [0.717, 1.165) is 12.1 Å². The van der Waals surface area contributed by atoms with Gasteiger partial charge in [-0.05, 0) is 13.8 Å². The summed E-state index contributed by atoms with van der Waals surface area (Å²) in [6.45, 7) is 4.62. The summed E-state index contributed by atoms with van der Waals surface area (Å²) in [4.78, 5) is 11.3. The van der Waals surface area contributed by atoms with Gasteiger partial charge in [0, 0.05) is 6.54 Å². The first kappa shape index (κ1) is 13.7. The van der Waals surface area contributed by atoms with E-state index in [-0.39, 0.29) is 5.69 Å². The van der Waals surface area contributed by atoms with E-state index in [1.54, 1.807) is 18.7 Å². The lowest BCUT2D eigenvalue weighted by molar-refractivity contribution is -0.385. The number of hydrogen-bond acceptors (Lipinski definition) is 4.